The monoisotopic (exact) mass is 310 g/mol. The fraction of sp³-hybridized carbons (Fsp3) is 0.812. The number of nitrogens with zero attached hydrogens (tertiary/aromatic N) is 2. The van der Waals surface area contributed by atoms with Gasteiger partial charge in [0.15, 0.2) is 0 Å². The summed E-state index contributed by atoms with van der Waals surface area (Å²) in [6, 6.07) is -0.586. The number of aliphatic carboxylic acids is 1. The maximum absolute atomic E-state index is 12.5. The van der Waals surface area contributed by atoms with Crippen LogP contribution < -0.4 is 0 Å². The van der Waals surface area contributed by atoms with Gasteiger partial charge in [-0.1, -0.05) is 12.8 Å². The Morgan fingerprint density at radius 3 is 2.45 bits per heavy atom. The number of rotatable bonds is 5. The molecular formula is C16H26N2O4. The molecule has 0 bridgehead atoms. The summed E-state index contributed by atoms with van der Waals surface area (Å²) in [5.41, 5.74) is 0. The fourth-order valence-corrected chi connectivity index (χ4v) is 3.78. The molecule has 1 N–H and O–H groups in total. The first-order chi connectivity index (χ1) is 10.4. The average Bonchev–Trinajstić information content (AvgIpc) is 2.86. The highest BCUT2D eigenvalue weighted by atomic mass is 16.4. The summed E-state index contributed by atoms with van der Waals surface area (Å²) in [7, 11) is 3.38. The van der Waals surface area contributed by atoms with Crippen molar-refractivity contribution in [3.63, 3.8) is 0 Å². The Labute approximate surface area is 131 Å². The minimum absolute atomic E-state index is 0.000417. The van der Waals surface area contributed by atoms with Crippen LogP contribution in [-0.2, 0) is 14.4 Å². The lowest BCUT2D eigenvalue weighted by atomic mass is 9.84. The van der Waals surface area contributed by atoms with Gasteiger partial charge in [0.25, 0.3) is 0 Å². The van der Waals surface area contributed by atoms with Gasteiger partial charge in [0.05, 0.1) is 0 Å². The van der Waals surface area contributed by atoms with E-state index in [-0.39, 0.29) is 24.3 Å². The molecule has 1 saturated heterocycles. The van der Waals surface area contributed by atoms with E-state index in [9.17, 15) is 19.5 Å². The number of carbonyl (C=O) groups is 3. The lowest BCUT2D eigenvalue weighted by Gasteiger charge is -2.33. The topological polar surface area (TPSA) is 77.9 Å². The van der Waals surface area contributed by atoms with E-state index >= 15 is 0 Å². The number of hydrogen-bond donors (Lipinski definition) is 1. The van der Waals surface area contributed by atoms with Crippen LogP contribution >= 0.6 is 0 Å². The number of carboxylic acids is 1. The molecular weight excluding hydrogens is 284 g/mol. The zero-order chi connectivity index (χ0) is 16.3. The smallest absolute Gasteiger partial charge is 0.326 e. The maximum Gasteiger partial charge on any atom is 0.326 e. The highest BCUT2D eigenvalue weighted by Crippen LogP contribution is 2.40. The lowest BCUT2D eigenvalue weighted by Crippen LogP contribution is -2.46. The molecule has 1 aliphatic heterocycles. The molecule has 0 radical (unpaired) electrons. The molecule has 2 rings (SSSR count). The Bertz CT molecular complexity index is 449. The number of hydrogen-bond acceptors (Lipinski definition) is 3. The van der Waals surface area contributed by atoms with Crippen LogP contribution in [0.5, 0.6) is 0 Å². The van der Waals surface area contributed by atoms with Gasteiger partial charge in [-0.05, 0) is 31.6 Å². The summed E-state index contributed by atoms with van der Waals surface area (Å²) >= 11 is 0. The van der Waals surface area contributed by atoms with Crippen LogP contribution in [0.1, 0.15) is 51.4 Å². The summed E-state index contributed by atoms with van der Waals surface area (Å²) in [6.45, 7) is 0. The van der Waals surface area contributed by atoms with Crippen LogP contribution in [0.4, 0.5) is 0 Å². The molecule has 22 heavy (non-hydrogen) atoms. The number of fused-ring (bicyclic) bond motifs is 1. The Hall–Kier alpha value is -1.59. The van der Waals surface area contributed by atoms with E-state index in [2.05, 4.69) is 0 Å². The SMILES string of the molecule is CN(C)C(=O)CCCC(=O)N1C(C(=O)O)CC2CCCCC21. The minimum atomic E-state index is -0.896. The number of carbonyl (C=O) groups excluding carboxylic acids is 2. The van der Waals surface area contributed by atoms with E-state index in [1.807, 2.05) is 0 Å². The highest BCUT2D eigenvalue weighted by Gasteiger charge is 2.47. The van der Waals surface area contributed by atoms with Gasteiger partial charge in [-0.3, -0.25) is 9.59 Å². The van der Waals surface area contributed by atoms with E-state index < -0.39 is 12.0 Å². The molecule has 3 unspecified atom stereocenters. The van der Waals surface area contributed by atoms with Crippen molar-refractivity contribution in [2.75, 3.05) is 14.1 Å². The molecule has 0 aromatic rings. The van der Waals surface area contributed by atoms with Gasteiger partial charge < -0.3 is 14.9 Å². The molecule has 2 fully saturated rings. The zero-order valence-electron chi connectivity index (χ0n) is 13.5. The molecule has 124 valence electrons. The van der Waals surface area contributed by atoms with E-state index in [1.165, 1.54) is 4.90 Å². The third-order valence-electron chi connectivity index (χ3n) is 4.94. The second-order valence-electron chi connectivity index (χ2n) is 6.64. The summed E-state index contributed by atoms with van der Waals surface area (Å²) in [5, 5.41) is 9.41. The van der Waals surface area contributed by atoms with Crippen molar-refractivity contribution in [3.8, 4) is 0 Å². The summed E-state index contributed by atoms with van der Waals surface area (Å²) in [6.07, 6.45) is 5.79. The third-order valence-corrected chi connectivity index (χ3v) is 4.94. The van der Waals surface area contributed by atoms with Crippen molar-refractivity contribution < 1.29 is 19.5 Å². The van der Waals surface area contributed by atoms with Gasteiger partial charge in [0.1, 0.15) is 6.04 Å². The molecule has 3 atom stereocenters. The maximum atomic E-state index is 12.5. The molecule has 1 aliphatic carbocycles. The van der Waals surface area contributed by atoms with Crippen LogP contribution in [0.2, 0.25) is 0 Å². The predicted molar refractivity (Wildman–Crippen MR) is 81.2 cm³/mol. The number of carboxylic acid groups (broad SMARTS) is 1. The lowest BCUT2D eigenvalue weighted by molar-refractivity contribution is -0.150. The highest BCUT2D eigenvalue weighted by molar-refractivity contribution is 5.85. The quantitative estimate of drug-likeness (QED) is 0.834. The van der Waals surface area contributed by atoms with Crippen molar-refractivity contribution in [1.29, 1.82) is 0 Å². The second-order valence-corrected chi connectivity index (χ2v) is 6.64. The van der Waals surface area contributed by atoms with Crippen molar-refractivity contribution >= 4 is 17.8 Å². The second kappa shape index (κ2) is 7.11. The molecule has 0 spiro atoms. The first-order valence-electron chi connectivity index (χ1n) is 8.16. The van der Waals surface area contributed by atoms with E-state index in [1.54, 1.807) is 19.0 Å². The summed E-state index contributed by atoms with van der Waals surface area (Å²) < 4.78 is 0. The van der Waals surface area contributed by atoms with Crippen LogP contribution in [0, 0.1) is 5.92 Å². The van der Waals surface area contributed by atoms with Crippen LogP contribution in [0.15, 0.2) is 0 Å². The molecule has 0 aromatic heterocycles. The molecule has 2 amide bonds. The van der Waals surface area contributed by atoms with Gasteiger partial charge in [-0.2, -0.15) is 0 Å². The molecule has 2 aliphatic rings. The van der Waals surface area contributed by atoms with Gasteiger partial charge in [0, 0.05) is 33.0 Å². The first kappa shape index (κ1) is 16.8. The van der Waals surface area contributed by atoms with Gasteiger partial charge >= 0.3 is 5.97 Å². The fourth-order valence-electron chi connectivity index (χ4n) is 3.78. The van der Waals surface area contributed by atoms with Crippen molar-refractivity contribution in [2.24, 2.45) is 5.92 Å². The molecule has 1 heterocycles. The predicted octanol–water partition coefficient (Wildman–Crippen LogP) is 1.49. The van der Waals surface area contributed by atoms with Crippen molar-refractivity contribution in [3.05, 3.63) is 0 Å². The normalized spacial score (nSPS) is 27.4. The van der Waals surface area contributed by atoms with E-state index in [0.717, 1.165) is 25.7 Å². The van der Waals surface area contributed by atoms with Gasteiger partial charge in [0.2, 0.25) is 11.8 Å². The Balaban J connectivity index is 1.96. The molecule has 6 heteroatoms. The summed E-state index contributed by atoms with van der Waals surface area (Å²) in [4.78, 5) is 38.7. The number of amides is 2. The van der Waals surface area contributed by atoms with Crippen LogP contribution in [0.25, 0.3) is 0 Å². The van der Waals surface area contributed by atoms with Crippen molar-refractivity contribution in [1.82, 2.24) is 9.80 Å². The Kier molecular flexibility index (Phi) is 5.42. The minimum Gasteiger partial charge on any atom is -0.480 e. The van der Waals surface area contributed by atoms with Crippen molar-refractivity contribution in [2.45, 2.75) is 63.5 Å². The Morgan fingerprint density at radius 2 is 1.82 bits per heavy atom. The first-order valence-corrected chi connectivity index (χ1v) is 8.16. The molecule has 6 nitrogen and oxygen atoms in total. The van der Waals surface area contributed by atoms with Crippen LogP contribution in [0.3, 0.4) is 0 Å². The standard InChI is InChI=1S/C16H26N2O4/c1-17(2)14(19)8-5-9-15(20)18-12-7-4-3-6-11(12)10-13(18)16(21)22/h11-13H,3-10H2,1-2H3,(H,21,22). The zero-order valence-corrected chi connectivity index (χ0v) is 13.5. The third kappa shape index (κ3) is 3.59. The average molecular weight is 310 g/mol. The van der Waals surface area contributed by atoms with Gasteiger partial charge in [-0.15, -0.1) is 0 Å². The van der Waals surface area contributed by atoms with Gasteiger partial charge in [-0.25, -0.2) is 4.79 Å². The molecule has 0 aromatic carbocycles. The number of likely N-dealkylation sites (tertiary alicyclic amines) is 1. The summed E-state index contributed by atoms with van der Waals surface area (Å²) in [5.74, 6) is -0.665. The largest absolute Gasteiger partial charge is 0.480 e. The van der Waals surface area contributed by atoms with E-state index in [0.29, 0.717) is 25.2 Å². The van der Waals surface area contributed by atoms with E-state index in [4.69, 9.17) is 0 Å². The Morgan fingerprint density at radius 1 is 1.14 bits per heavy atom. The van der Waals surface area contributed by atoms with Crippen LogP contribution in [-0.4, -0.2) is 58.9 Å². The molecule has 1 saturated carbocycles.